The molecule has 2 saturated heterocycles. The van der Waals surface area contributed by atoms with Gasteiger partial charge in [-0.2, -0.15) is 0 Å². The summed E-state index contributed by atoms with van der Waals surface area (Å²) in [6.07, 6.45) is -16.0. The number of esters is 6. The summed E-state index contributed by atoms with van der Waals surface area (Å²) in [7, 11) is 0. The fraction of sp³-hybridized carbons (Fsp3) is 0.696. The summed E-state index contributed by atoms with van der Waals surface area (Å²) < 4.78 is 34.3. The third-order valence-corrected chi connectivity index (χ3v) is 5.15. The quantitative estimate of drug-likeness (QED) is 0.132. The molecule has 2 aliphatic heterocycles. The first-order chi connectivity index (χ1) is 18.9. The Labute approximate surface area is 232 Å². The zero-order valence-corrected chi connectivity index (χ0v) is 22.8. The van der Waals surface area contributed by atoms with Crippen LogP contribution in [0.2, 0.25) is 0 Å². The molecule has 4 N–H and O–H groups in total. The first-order valence-electron chi connectivity index (χ1n) is 11.8. The Morgan fingerprint density at radius 2 is 0.976 bits per heavy atom. The van der Waals surface area contributed by atoms with Crippen LogP contribution in [0, 0.1) is 0 Å². The molecular formula is C23H32O18. The smallest absolute Gasteiger partial charge is 0.347 e. The van der Waals surface area contributed by atoms with Gasteiger partial charge in [0, 0.05) is 34.6 Å². The number of ether oxygens (including phenoxy) is 7. The van der Waals surface area contributed by atoms with E-state index < -0.39 is 103 Å². The summed E-state index contributed by atoms with van der Waals surface area (Å²) in [5.74, 6) is -6.35. The lowest BCUT2D eigenvalue weighted by Gasteiger charge is -2.42. The molecule has 0 bridgehead atoms. The van der Waals surface area contributed by atoms with Crippen molar-refractivity contribution >= 4 is 41.6 Å². The predicted octanol–water partition coefficient (Wildman–Crippen LogP) is -3.47. The minimum Gasteiger partial charge on any atom is -0.455 e. The Bertz CT molecular complexity index is 1010. The van der Waals surface area contributed by atoms with Crippen molar-refractivity contribution < 1.29 is 87.1 Å². The Kier molecular flexibility index (Phi) is 13.4. The summed E-state index contributed by atoms with van der Waals surface area (Å²) in [6, 6.07) is 0. The average Bonchev–Trinajstić information content (AvgIpc) is 2.82. The lowest BCUT2D eigenvalue weighted by atomic mass is 9.97. The monoisotopic (exact) mass is 596 g/mol. The zero-order valence-electron chi connectivity index (χ0n) is 22.8. The molecule has 10 unspecified atom stereocenters. The number of ketones is 1. The summed E-state index contributed by atoms with van der Waals surface area (Å²) in [4.78, 5) is 80.0. The molecule has 41 heavy (non-hydrogen) atoms. The molecule has 18 nitrogen and oxygen atoms in total. The molecule has 0 aromatic rings. The molecule has 18 heteroatoms. The maximum absolute atomic E-state index is 12.2. The van der Waals surface area contributed by atoms with E-state index in [2.05, 4.69) is 9.47 Å². The van der Waals surface area contributed by atoms with Crippen molar-refractivity contribution in [3.05, 3.63) is 0 Å². The minimum absolute atomic E-state index is 0.516. The number of hydrogen-bond acceptors (Lipinski definition) is 18. The lowest BCUT2D eigenvalue weighted by Crippen LogP contribution is -2.64. The molecule has 0 aromatic carbocycles. The van der Waals surface area contributed by atoms with Gasteiger partial charge in [0.05, 0.1) is 0 Å². The largest absolute Gasteiger partial charge is 0.455 e. The highest BCUT2D eigenvalue weighted by Gasteiger charge is 2.56. The number of carbonyl (C=O) groups is 7. The van der Waals surface area contributed by atoms with Gasteiger partial charge in [0.1, 0.15) is 24.4 Å². The van der Waals surface area contributed by atoms with E-state index in [0.717, 1.165) is 41.5 Å². The van der Waals surface area contributed by atoms with Gasteiger partial charge in [0.25, 0.3) is 0 Å². The number of aliphatic hydroxyl groups excluding tert-OH is 4. The number of hydrogen-bond donors (Lipinski definition) is 4. The third-order valence-electron chi connectivity index (χ3n) is 5.15. The Morgan fingerprint density at radius 1 is 0.512 bits per heavy atom. The minimum atomic E-state index is -1.83. The second-order valence-electron chi connectivity index (χ2n) is 8.70. The van der Waals surface area contributed by atoms with Crippen LogP contribution in [0.1, 0.15) is 41.5 Å². The SMILES string of the molecule is CC(=O)C1OC(O)C(O)C(O)C1O.CC(=O)OC(=O)C1OC(OC(C)=O)C(OC(C)=O)C(OC(C)=O)C1OC(C)=O. The first-order valence-corrected chi connectivity index (χ1v) is 11.8. The Hall–Kier alpha value is -3.55. The molecule has 232 valence electrons. The van der Waals surface area contributed by atoms with E-state index in [-0.39, 0.29) is 0 Å². The highest BCUT2D eigenvalue weighted by molar-refractivity contribution is 5.87. The Morgan fingerprint density at radius 3 is 1.41 bits per heavy atom. The third kappa shape index (κ3) is 10.4. The van der Waals surface area contributed by atoms with E-state index in [4.69, 9.17) is 39.0 Å². The van der Waals surface area contributed by atoms with Crippen molar-refractivity contribution in [2.24, 2.45) is 0 Å². The van der Waals surface area contributed by atoms with Crippen LogP contribution in [-0.4, -0.2) is 123 Å². The van der Waals surface area contributed by atoms with Gasteiger partial charge in [-0.25, -0.2) is 4.79 Å². The van der Waals surface area contributed by atoms with Crippen LogP contribution in [0.5, 0.6) is 0 Å². The molecule has 0 amide bonds. The summed E-state index contributed by atoms with van der Waals surface area (Å²) in [6.45, 7) is 6.13. The van der Waals surface area contributed by atoms with Crippen molar-refractivity contribution in [3.8, 4) is 0 Å². The van der Waals surface area contributed by atoms with Gasteiger partial charge >= 0.3 is 35.8 Å². The number of carbonyl (C=O) groups excluding carboxylic acids is 7. The van der Waals surface area contributed by atoms with Crippen LogP contribution in [-0.2, 0) is 66.7 Å². The van der Waals surface area contributed by atoms with Crippen molar-refractivity contribution in [2.75, 3.05) is 0 Å². The van der Waals surface area contributed by atoms with Gasteiger partial charge in [0.15, 0.2) is 30.4 Å². The molecule has 0 aliphatic carbocycles. The van der Waals surface area contributed by atoms with Crippen molar-refractivity contribution in [1.82, 2.24) is 0 Å². The molecule has 0 radical (unpaired) electrons. The highest BCUT2D eigenvalue weighted by Crippen LogP contribution is 2.30. The zero-order chi connectivity index (χ0) is 31.8. The van der Waals surface area contributed by atoms with E-state index in [1.807, 2.05) is 0 Å². The van der Waals surface area contributed by atoms with E-state index in [1.165, 1.54) is 0 Å². The fourth-order valence-corrected chi connectivity index (χ4v) is 3.62. The average molecular weight is 596 g/mol. The molecule has 2 heterocycles. The van der Waals surface area contributed by atoms with Crippen LogP contribution in [0.25, 0.3) is 0 Å². The molecule has 2 aliphatic rings. The summed E-state index contributed by atoms with van der Waals surface area (Å²) >= 11 is 0. The van der Waals surface area contributed by atoms with Gasteiger partial charge in [-0.3, -0.25) is 28.8 Å². The predicted molar refractivity (Wildman–Crippen MR) is 123 cm³/mol. The van der Waals surface area contributed by atoms with E-state index >= 15 is 0 Å². The molecular weight excluding hydrogens is 564 g/mol. The topological polar surface area (TPSA) is 265 Å². The second-order valence-corrected chi connectivity index (χ2v) is 8.70. The maximum Gasteiger partial charge on any atom is 0.347 e. The van der Waals surface area contributed by atoms with E-state index in [9.17, 15) is 38.7 Å². The van der Waals surface area contributed by atoms with Crippen LogP contribution in [0.3, 0.4) is 0 Å². The van der Waals surface area contributed by atoms with Gasteiger partial charge < -0.3 is 53.6 Å². The maximum atomic E-state index is 12.2. The van der Waals surface area contributed by atoms with Crippen molar-refractivity contribution in [2.45, 2.75) is 103 Å². The molecule has 0 spiro atoms. The van der Waals surface area contributed by atoms with E-state index in [0.29, 0.717) is 0 Å². The number of rotatable bonds is 6. The molecule has 2 fully saturated rings. The van der Waals surface area contributed by atoms with Crippen LogP contribution in [0.15, 0.2) is 0 Å². The normalized spacial score (nSPS) is 32.6. The standard InChI is InChI=1S/C16H20O12.C7H12O6/c1-6(17)23-11-12(24-7(2)18)14(25-8(3)19)16(27-10(5)21)28-13(11)15(22)26-9(4)20;1-2(8)6-4(10)3(9)5(11)7(12)13-6/h11-14,16H,1-5H3;3-7,9-12H,1H3. The van der Waals surface area contributed by atoms with Crippen molar-refractivity contribution in [3.63, 3.8) is 0 Å². The van der Waals surface area contributed by atoms with Gasteiger partial charge in [0.2, 0.25) is 12.4 Å². The number of aliphatic hydroxyl groups is 4. The highest BCUT2D eigenvalue weighted by atomic mass is 16.8. The van der Waals surface area contributed by atoms with Crippen molar-refractivity contribution in [1.29, 1.82) is 0 Å². The fourth-order valence-electron chi connectivity index (χ4n) is 3.62. The second kappa shape index (κ2) is 15.5. The van der Waals surface area contributed by atoms with Crippen LogP contribution >= 0.6 is 0 Å². The summed E-state index contributed by atoms with van der Waals surface area (Å²) in [5.41, 5.74) is 0. The first kappa shape index (κ1) is 35.5. The van der Waals surface area contributed by atoms with Crippen LogP contribution < -0.4 is 0 Å². The molecule has 2 rings (SSSR count). The molecule has 10 atom stereocenters. The summed E-state index contributed by atoms with van der Waals surface area (Å²) in [5, 5.41) is 36.4. The molecule has 0 saturated carbocycles. The van der Waals surface area contributed by atoms with E-state index in [1.54, 1.807) is 0 Å². The Balaban J connectivity index is 0.000000537. The van der Waals surface area contributed by atoms with Gasteiger partial charge in [-0.05, 0) is 6.92 Å². The van der Waals surface area contributed by atoms with Gasteiger partial charge in [-0.1, -0.05) is 0 Å². The number of Topliss-reactive ketones (excluding diaryl/α,β-unsaturated/α-hetero) is 1. The lowest BCUT2D eigenvalue weighted by molar-refractivity contribution is -0.293. The van der Waals surface area contributed by atoms with Crippen LogP contribution in [0.4, 0.5) is 0 Å². The molecule has 0 aromatic heterocycles. The van der Waals surface area contributed by atoms with Gasteiger partial charge in [-0.15, -0.1) is 0 Å².